The van der Waals surface area contributed by atoms with Crippen molar-refractivity contribution in [3.05, 3.63) is 90.5 Å². The maximum Gasteiger partial charge on any atom is 0.410 e. The second kappa shape index (κ2) is 10.8. The minimum atomic E-state index is -0.244. The normalized spacial score (nSPS) is 15.4. The maximum atomic E-state index is 12.0. The Morgan fingerprint density at radius 3 is 2.75 bits per heavy atom. The highest BCUT2D eigenvalue weighted by Gasteiger charge is 2.26. The molecule has 1 amide bonds. The summed E-state index contributed by atoms with van der Waals surface area (Å²) in [5.41, 5.74) is 7.95. The number of ether oxygens (including phenoxy) is 1. The van der Waals surface area contributed by atoms with Gasteiger partial charge in [0.1, 0.15) is 12.4 Å². The SMILES string of the molecule is C=CCOC(=O)N1CCC(CNCc2cccc(-c3ccc(-c4nc5c(C)cccc5[nH]4)cc3)c2)C1. The third-order valence-electron chi connectivity index (χ3n) is 6.76. The van der Waals surface area contributed by atoms with E-state index in [4.69, 9.17) is 9.72 Å². The molecule has 0 spiro atoms. The van der Waals surface area contributed by atoms with Crippen LogP contribution in [0.1, 0.15) is 17.5 Å². The second-order valence-corrected chi connectivity index (χ2v) is 9.43. The van der Waals surface area contributed by atoms with E-state index in [0.29, 0.717) is 5.92 Å². The minimum absolute atomic E-state index is 0.244. The molecule has 1 fully saturated rings. The van der Waals surface area contributed by atoms with Crippen LogP contribution in [0, 0.1) is 12.8 Å². The predicted molar refractivity (Wildman–Crippen MR) is 145 cm³/mol. The van der Waals surface area contributed by atoms with Crippen LogP contribution in [0.25, 0.3) is 33.5 Å². The van der Waals surface area contributed by atoms with Gasteiger partial charge in [0.15, 0.2) is 0 Å². The van der Waals surface area contributed by atoms with Crippen molar-refractivity contribution in [3.8, 4) is 22.5 Å². The van der Waals surface area contributed by atoms with E-state index in [0.717, 1.165) is 55.0 Å². The summed E-state index contributed by atoms with van der Waals surface area (Å²) in [6.45, 7) is 9.09. The van der Waals surface area contributed by atoms with E-state index >= 15 is 0 Å². The van der Waals surface area contributed by atoms with Gasteiger partial charge in [0, 0.05) is 31.7 Å². The van der Waals surface area contributed by atoms with Crippen molar-refractivity contribution in [2.75, 3.05) is 26.2 Å². The summed E-state index contributed by atoms with van der Waals surface area (Å²) >= 11 is 0. The average molecular weight is 481 g/mol. The van der Waals surface area contributed by atoms with Crippen LogP contribution in [0.4, 0.5) is 4.79 Å². The first kappa shape index (κ1) is 23.8. The van der Waals surface area contributed by atoms with E-state index in [9.17, 15) is 4.79 Å². The molecule has 184 valence electrons. The van der Waals surface area contributed by atoms with E-state index in [-0.39, 0.29) is 12.7 Å². The molecule has 2 N–H and O–H groups in total. The standard InChI is InChI=1S/C30H32N4O2/c1-3-16-36-30(35)34-15-14-23(20-34)19-31-18-22-7-5-8-26(17-22)24-10-12-25(13-11-24)29-32-27-9-4-6-21(2)28(27)33-29/h3-13,17,23,31H,1,14-16,18-20H2,2H3,(H,32,33). The summed E-state index contributed by atoms with van der Waals surface area (Å²) < 4.78 is 5.15. The lowest BCUT2D eigenvalue weighted by Gasteiger charge is -2.16. The van der Waals surface area contributed by atoms with Crippen LogP contribution in [-0.2, 0) is 11.3 Å². The monoisotopic (exact) mass is 480 g/mol. The van der Waals surface area contributed by atoms with Gasteiger partial charge in [0.05, 0.1) is 11.0 Å². The largest absolute Gasteiger partial charge is 0.445 e. The molecule has 0 radical (unpaired) electrons. The number of carbonyl (C=O) groups excluding carboxylic acids is 1. The zero-order chi connectivity index (χ0) is 24.9. The summed E-state index contributed by atoms with van der Waals surface area (Å²) in [6, 6.07) is 23.4. The van der Waals surface area contributed by atoms with Crippen molar-refractivity contribution in [2.24, 2.45) is 5.92 Å². The van der Waals surface area contributed by atoms with Gasteiger partial charge >= 0.3 is 6.09 Å². The van der Waals surface area contributed by atoms with Crippen molar-refractivity contribution in [3.63, 3.8) is 0 Å². The molecular weight excluding hydrogens is 448 g/mol. The van der Waals surface area contributed by atoms with Gasteiger partial charge in [-0.3, -0.25) is 0 Å². The van der Waals surface area contributed by atoms with Crippen LogP contribution in [-0.4, -0.2) is 47.2 Å². The summed E-state index contributed by atoms with van der Waals surface area (Å²) in [6.07, 6.45) is 2.34. The number of nitrogens with zero attached hydrogens (tertiary/aromatic N) is 2. The molecule has 6 heteroatoms. The number of likely N-dealkylation sites (tertiary alicyclic amines) is 1. The number of aromatic nitrogens is 2. The Kier molecular flexibility index (Phi) is 7.14. The first-order valence-electron chi connectivity index (χ1n) is 12.5. The number of carbonyl (C=O) groups is 1. The number of benzene rings is 3. The topological polar surface area (TPSA) is 70.2 Å². The van der Waals surface area contributed by atoms with Crippen LogP contribution in [0.2, 0.25) is 0 Å². The van der Waals surface area contributed by atoms with Crippen molar-refractivity contribution < 1.29 is 9.53 Å². The van der Waals surface area contributed by atoms with E-state index in [1.807, 2.05) is 0 Å². The van der Waals surface area contributed by atoms with Crippen molar-refractivity contribution in [1.29, 1.82) is 0 Å². The third kappa shape index (κ3) is 5.34. The van der Waals surface area contributed by atoms with Gasteiger partial charge in [-0.1, -0.05) is 67.3 Å². The molecule has 36 heavy (non-hydrogen) atoms. The number of para-hydroxylation sites is 1. The van der Waals surface area contributed by atoms with E-state index in [1.54, 1.807) is 11.0 Å². The fourth-order valence-corrected chi connectivity index (χ4v) is 4.80. The predicted octanol–water partition coefficient (Wildman–Crippen LogP) is 5.94. The summed E-state index contributed by atoms with van der Waals surface area (Å²) in [4.78, 5) is 22.0. The van der Waals surface area contributed by atoms with E-state index < -0.39 is 0 Å². The molecule has 1 unspecified atom stereocenters. The lowest BCUT2D eigenvalue weighted by molar-refractivity contribution is 0.120. The zero-order valence-electron chi connectivity index (χ0n) is 20.7. The molecule has 1 aliphatic heterocycles. The van der Waals surface area contributed by atoms with Gasteiger partial charge in [-0.05, 0) is 53.6 Å². The highest BCUT2D eigenvalue weighted by atomic mass is 16.6. The van der Waals surface area contributed by atoms with Crippen LogP contribution in [0.15, 0.2) is 79.4 Å². The number of fused-ring (bicyclic) bond motifs is 1. The molecule has 1 aromatic heterocycles. The van der Waals surface area contributed by atoms with Crippen molar-refractivity contribution in [2.45, 2.75) is 19.9 Å². The first-order chi connectivity index (χ1) is 17.6. The Bertz CT molecular complexity index is 1360. The van der Waals surface area contributed by atoms with Crippen molar-refractivity contribution in [1.82, 2.24) is 20.2 Å². The molecule has 6 nitrogen and oxygen atoms in total. The van der Waals surface area contributed by atoms with Gasteiger partial charge in [-0.15, -0.1) is 0 Å². The number of H-pyrrole nitrogens is 1. The molecule has 4 aromatic rings. The molecule has 1 saturated heterocycles. The molecule has 0 saturated carbocycles. The molecule has 2 heterocycles. The van der Waals surface area contributed by atoms with Crippen LogP contribution >= 0.6 is 0 Å². The van der Waals surface area contributed by atoms with Gasteiger partial charge < -0.3 is 19.9 Å². The molecule has 0 aliphatic carbocycles. The lowest BCUT2D eigenvalue weighted by atomic mass is 10.0. The second-order valence-electron chi connectivity index (χ2n) is 9.43. The number of amides is 1. The molecule has 1 aliphatic rings. The molecule has 1 atom stereocenters. The van der Waals surface area contributed by atoms with Crippen LogP contribution in [0.3, 0.4) is 0 Å². The Balaban J connectivity index is 1.18. The first-order valence-corrected chi connectivity index (χ1v) is 12.5. The molecule has 0 bridgehead atoms. The fraction of sp³-hybridized carbons (Fsp3) is 0.267. The highest BCUT2D eigenvalue weighted by Crippen LogP contribution is 2.26. The molecule has 5 rings (SSSR count). The number of imidazole rings is 1. The van der Waals surface area contributed by atoms with E-state index in [1.165, 1.54) is 22.3 Å². The Morgan fingerprint density at radius 2 is 1.94 bits per heavy atom. The molecular formula is C30H32N4O2. The van der Waals surface area contributed by atoms with E-state index in [2.05, 4.69) is 90.5 Å². The minimum Gasteiger partial charge on any atom is -0.445 e. The number of hydrogen-bond acceptors (Lipinski definition) is 4. The van der Waals surface area contributed by atoms with Crippen LogP contribution in [0.5, 0.6) is 0 Å². The third-order valence-corrected chi connectivity index (χ3v) is 6.76. The Morgan fingerprint density at radius 1 is 1.14 bits per heavy atom. The summed E-state index contributed by atoms with van der Waals surface area (Å²) in [5, 5.41) is 3.57. The summed E-state index contributed by atoms with van der Waals surface area (Å²) in [5.74, 6) is 1.34. The average Bonchev–Trinajstić information content (AvgIpc) is 3.56. The number of rotatable bonds is 8. The van der Waals surface area contributed by atoms with Crippen molar-refractivity contribution >= 4 is 17.1 Å². The van der Waals surface area contributed by atoms with Gasteiger partial charge in [-0.2, -0.15) is 0 Å². The number of nitrogens with one attached hydrogen (secondary N) is 2. The number of aromatic amines is 1. The fourth-order valence-electron chi connectivity index (χ4n) is 4.80. The Hall–Kier alpha value is -3.90. The zero-order valence-corrected chi connectivity index (χ0v) is 20.7. The highest BCUT2D eigenvalue weighted by molar-refractivity contribution is 5.82. The quantitative estimate of drug-likeness (QED) is 0.306. The van der Waals surface area contributed by atoms with Crippen LogP contribution < -0.4 is 5.32 Å². The number of aryl methyl sites for hydroxylation is 1. The maximum absolute atomic E-state index is 12.0. The summed E-state index contributed by atoms with van der Waals surface area (Å²) in [7, 11) is 0. The van der Waals surface area contributed by atoms with Gasteiger partial charge in [0.2, 0.25) is 0 Å². The number of hydrogen-bond donors (Lipinski definition) is 2. The molecule has 3 aromatic carbocycles. The van der Waals surface area contributed by atoms with Gasteiger partial charge in [0.25, 0.3) is 0 Å². The lowest BCUT2D eigenvalue weighted by Crippen LogP contribution is -2.31. The van der Waals surface area contributed by atoms with Gasteiger partial charge in [-0.25, -0.2) is 9.78 Å². The smallest absolute Gasteiger partial charge is 0.410 e. The Labute approximate surface area is 212 Å².